The fraction of sp³-hybridized carbons (Fsp3) is 0.211. The number of thiazole rings is 1. The molecule has 1 aliphatic rings. The summed E-state index contributed by atoms with van der Waals surface area (Å²) in [5.74, 6) is -1.54. The Morgan fingerprint density at radius 2 is 2.00 bits per heavy atom. The molecular formula is C19H15FN4O3S. The minimum atomic E-state index is -0.438. The number of aromatic nitrogens is 2. The number of hydrogen-bond acceptors (Lipinski definition) is 6. The molecule has 0 atom stereocenters. The lowest BCUT2D eigenvalue weighted by Crippen LogP contribution is -2.42. The molecule has 9 heteroatoms. The van der Waals surface area contributed by atoms with Gasteiger partial charge in [0, 0.05) is 25.2 Å². The van der Waals surface area contributed by atoms with Crippen LogP contribution in [0.25, 0.3) is 10.2 Å². The summed E-state index contributed by atoms with van der Waals surface area (Å²) in [6.07, 6.45) is 3.49. The predicted molar refractivity (Wildman–Crippen MR) is 101 cm³/mol. The molecule has 0 bridgehead atoms. The molecule has 0 aliphatic carbocycles. The number of likely N-dealkylation sites (tertiary alicyclic amines) is 1. The van der Waals surface area contributed by atoms with Gasteiger partial charge >= 0.3 is 0 Å². The van der Waals surface area contributed by atoms with Gasteiger partial charge in [0.15, 0.2) is 5.13 Å². The van der Waals surface area contributed by atoms with Crippen molar-refractivity contribution in [2.75, 3.05) is 11.4 Å². The highest BCUT2D eigenvalue weighted by Gasteiger charge is 2.32. The zero-order valence-electron chi connectivity index (χ0n) is 14.7. The van der Waals surface area contributed by atoms with Crippen LogP contribution in [0.15, 0.2) is 42.7 Å². The van der Waals surface area contributed by atoms with Gasteiger partial charge in [-0.1, -0.05) is 17.4 Å². The third-order valence-electron chi connectivity index (χ3n) is 4.38. The number of rotatable bonds is 5. The zero-order valence-corrected chi connectivity index (χ0v) is 15.5. The first-order chi connectivity index (χ1) is 13.5. The van der Waals surface area contributed by atoms with E-state index in [1.807, 2.05) is 6.07 Å². The number of nitrogens with zero attached hydrogens (tertiary/aromatic N) is 4. The molecule has 1 saturated heterocycles. The van der Waals surface area contributed by atoms with E-state index in [2.05, 4.69) is 9.97 Å². The first-order valence-electron chi connectivity index (χ1n) is 8.60. The van der Waals surface area contributed by atoms with Crippen LogP contribution >= 0.6 is 11.3 Å². The molecule has 0 unspecified atom stereocenters. The maximum Gasteiger partial charge on any atom is 0.249 e. The quantitative estimate of drug-likeness (QED) is 0.617. The summed E-state index contributed by atoms with van der Waals surface area (Å²) in [5, 5.41) is 0.369. The van der Waals surface area contributed by atoms with E-state index in [-0.39, 0.29) is 43.6 Å². The standard InChI is InChI=1S/C19H15FN4O3S/c20-13-3-4-14-15(8-13)28-19(22-14)24(10-12-2-1-7-21-9-12)18(27)11-23-16(25)5-6-17(23)26/h1-4,7-9H,5-6,10-11H2. The summed E-state index contributed by atoms with van der Waals surface area (Å²) < 4.78 is 14.1. The highest BCUT2D eigenvalue weighted by Crippen LogP contribution is 2.30. The van der Waals surface area contributed by atoms with Gasteiger partial charge < -0.3 is 0 Å². The van der Waals surface area contributed by atoms with Crippen LogP contribution in [0.5, 0.6) is 0 Å². The maximum absolute atomic E-state index is 13.5. The third kappa shape index (κ3) is 3.61. The minimum absolute atomic E-state index is 0.120. The lowest BCUT2D eigenvalue weighted by molar-refractivity contribution is -0.141. The minimum Gasteiger partial charge on any atom is -0.282 e. The molecule has 3 aromatic rings. The lowest BCUT2D eigenvalue weighted by Gasteiger charge is -2.22. The molecule has 1 aliphatic heterocycles. The summed E-state index contributed by atoms with van der Waals surface area (Å²) in [5.41, 5.74) is 1.33. The Balaban J connectivity index is 1.67. The highest BCUT2D eigenvalue weighted by molar-refractivity contribution is 7.22. The number of fused-ring (bicyclic) bond motifs is 1. The van der Waals surface area contributed by atoms with Gasteiger partial charge in [-0.3, -0.25) is 29.2 Å². The van der Waals surface area contributed by atoms with Crippen molar-refractivity contribution in [1.82, 2.24) is 14.9 Å². The number of anilines is 1. The number of pyridine rings is 1. The first-order valence-corrected chi connectivity index (χ1v) is 9.41. The van der Waals surface area contributed by atoms with Crippen LogP contribution in [0.4, 0.5) is 9.52 Å². The Morgan fingerprint density at radius 3 is 2.71 bits per heavy atom. The number of benzene rings is 1. The molecular weight excluding hydrogens is 383 g/mol. The van der Waals surface area contributed by atoms with E-state index >= 15 is 0 Å². The van der Waals surface area contributed by atoms with Gasteiger partial charge in [-0.25, -0.2) is 9.37 Å². The molecule has 7 nitrogen and oxygen atoms in total. The molecule has 3 amide bonds. The molecule has 2 aromatic heterocycles. The second kappa shape index (κ2) is 7.43. The second-order valence-electron chi connectivity index (χ2n) is 6.32. The molecule has 3 heterocycles. The number of halogens is 1. The number of hydrogen-bond donors (Lipinski definition) is 0. The SMILES string of the molecule is O=C1CCC(=O)N1CC(=O)N(Cc1cccnc1)c1nc2ccc(F)cc2s1. The normalized spacial score (nSPS) is 14.1. The number of carbonyl (C=O) groups is 3. The molecule has 28 heavy (non-hydrogen) atoms. The molecule has 142 valence electrons. The van der Waals surface area contributed by atoms with Gasteiger partial charge in [-0.15, -0.1) is 0 Å². The van der Waals surface area contributed by atoms with Crippen LogP contribution in [0.1, 0.15) is 18.4 Å². The summed E-state index contributed by atoms with van der Waals surface area (Å²) in [7, 11) is 0. The van der Waals surface area contributed by atoms with E-state index < -0.39 is 5.91 Å². The van der Waals surface area contributed by atoms with E-state index in [0.717, 1.165) is 10.5 Å². The number of carbonyl (C=O) groups excluding carboxylic acids is 3. The van der Waals surface area contributed by atoms with Crippen molar-refractivity contribution < 1.29 is 18.8 Å². The molecule has 0 saturated carbocycles. The van der Waals surface area contributed by atoms with Gasteiger partial charge in [0.05, 0.1) is 16.8 Å². The van der Waals surface area contributed by atoms with Crippen LogP contribution in [0.2, 0.25) is 0 Å². The fourth-order valence-corrected chi connectivity index (χ4v) is 3.97. The van der Waals surface area contributed by atoms with Gasteiger partial charge in [0.1, 0.15) is 12.4 Å². The summed E-state index contributed by atoms with van der Waals surface area (Å²) in [6.45, 7) is -0.173. The Bertz CT molecular complexity index is 1050. The Hall–Kier alpha value is -3.20. The van der Waals surface area contributed by atoms with Crippen LogP contribution in [0, 0.1) is 5.82 Å². The average Bonchev–Trinajstić information content (AvgIpc) is 3.24. The molecule has 0 N–H and O–H groups in total. The molecule has 0 radical (unpaired) electrons. The van der Waals surface area contributed by atoms with Crippen LogP contribution < -0.4 is 4.90 Å². The summed E-state index contributed by atoms with van der Waals surface area (Å²) >= 11 is 1.17. The zero-order chi connectivity index (χ0) is 19.7. The van der Waals surface area contributed by atoms with E-state index in [1.165, 1.54) is 28.4 Å². The highest BCUT2D eigenvalue weighted by atomic mass is 32.1. The van der Waals surface area contributed by atoms with Crippen molar-refractivity contribution in [3.63, 3.8) is 0 Å². The van der Waals surface area contributed by atoms with Gasteiger partial charge in [-0.2, -0.15) is 0 Å². The van der Waals surface area contributed by atoms with E-state index in [1.54, 1.807) is 24.5 Å². The van der Waals surface area contributed by atoms with Gasteiger partial charge in [0.25, 0.3) is 0 Å². The monoisotopic (exact) mass is 398 g/mol. The van der Waals surface area contributed by atoms with Gasteiger partial charge in [0.2, 0.25) is 17.7 Å². The van der Waals surface area contributed by atoms with E-state index in [0.29, 0.717) is 15.3 Å². The van der Waals surface area contributed by atoms with Gasteiger partial charge in [-0.05, 0) is 29.8 Å². The van der Waals surface area contributed by atoms with Crippen LogP contribution in [0.3, 0.4) is 0 Å². The molecule has 1 fully saturated rings. The predicted octanol–water partition coefficient (Wildman–Crippen LogP) is 2.51. The van der Waals surface area contributed by atoms with Crippen LogP contribution in [-0.4, -0.2) is 39.1 Å². The molecule has 1 aromatic carbocycles. The first kappa shape index (κ1) is 18.2. The summed E-state index contributed by atoms with van der Waals surface area (Å²) in [6, 6.07) is 7.77. The number of amides is 3. The van der Waals surface area contributed by atoms with Crippen LogP contribution in [-0.2, 0) is 20.9 Å². The van der Waals surface area contributed by atoms with Crippen molar-refractivity contribution in [2.45, 2.75) is 19.4 Å². The topological polar surface area (TPSA) is 83.5 Å². The second-order valence-corrected chi connectivity index (χ2v) is 7.33. The Labute approximate surface area is 163 Å². The maximum atomic E-state index is 13.5. The van der Waals surface area contributed by atoms with E-state index in [4.69, 9.17) is 0 Å². The third-order valence-corrected chi connectivity index (χ3v) is 5.42. The van der Waals surface area contributed by atoms with Crippen molar-refractivity contribution in [1.29, 1.82) is 0 Å². The number of imide groups is 1. The Morgan fingerprint density at radius 1 is 1.21 bits per heavy atom. The smallest absolute Gasteiger partial charge is 0.249 e. The Kier molecular flexibility index (Phi) is 4.82. The summed E-state index contributed by atoms with van der Waals surface area (Å²) in [4.78, 5) is 47.6. The van der Waals surface area contributed by atoms with E-state index in [9.17, 15) is 18.8 Å². The van der Waals surface area contributed by atoms with Crippen molar-refractivity contribution in [3.8, 4) is 0 Å². The van der Waals surface area contributed by atoms with Crippen molar-refractivity contribution >= 4 is 44.4 Å². The molecule has 4 rings (SSSR count). The molecule has 0 spiro atoms. The van der Waals surface area contributed by atoms with Crippen molar-refractivity contribution in [3.05, 3.63) is 54.1 Å². The fourth-order valence-electron chi connectivity index (χ4n) is 2.96. The van der Waals surface area contributed by atoms with Crippen molar-refractivity contribution in [2.24, 2.45) is 0 Å². The largest absolute Gasteiger partial charge is 0.282 e. The average molecular weight is 398 g/mol. The lowest BCUT2D eigenvalue weighted by atomic mass is 10.2.